The number of fused-ring (bicyclic) bond motifs is 3. The Morgan fingerprint density at radius 3 is 2.60 bits per heavy atom. The van der Waals surface area contributed by atoms with E-state index in [0.29, 0.717) is 44.4 Å². The summed E-state index contributed by atoms with van der Waals surface area (Å²) < 4.78 is 35.4. The van der Waals surface area contributed by atoms with Gasteiger partial charge in [0.15, 0.2) is 21.4 Å². The van der Waals surface area contributed by atoms with Crippen molar-refractivity contribution in [2.75, 3.05) is 44.1 Å². The molecule has 2 saturated heterocycles. The quantitative estimate of drug-likeness (QED) is 0.689. The second-order valence-electron chi connectivity index (χ2n) is 8.78. The van der Waals surface area contributed by atoms with Gasteiger partial charge in [-0.05, 0) is 27.2 Å². The number of aliphatic hydroxyl groups excluding tert-OH is 1. The molecule has 4 rings (SSSR count). The molecule has 11 heteroatoms. The topological polar surface area (TPSA) is 122 Å². The van der Waals surface area contributed by atoms with E-state index in [1.54, 1.807) is 13.8 Å². The van der Waals surface area contributed by atoms with E-state index in [0.717, 1.165) is 6.26 Å². The monoisotopic (exact) mass is 440 g/mol. The molecule has 1 N–H and O–H groups in total. The Bertz CT molecular complexity index is 966. The molecule has 10 nitrogen and oxygen atoms in total. The van der Waals surface area contributed by atoms with Crippen molar-refractivity contribution < 1.29 is 27.8 Å². The number of carbonyl (C=O) groups is 1. The summed E-state index contributed by atoms with van der Waals surface area (Å²) in [6, 6.07) is -0.103. The highest BCUT2D eigenvalue weighted by atomic mass is 32.2. The van der Waals surface area contributed by atoms with Crippen LogP contribution in [0.15, 0.2) is 0 Å². The van der Waals surface area contributed by atoms with Crippen molar-refractivity contribution in [3.63, 3.8) is 0 Å². The third kappa shape index (κ3) is 3.42. The second kappa shape index (κ2) is 7.31. The molecule has 0 radical (unpaired) electrons. The highest BCUT2D eigenvalue weighted by molar-refractivity contribution is 7.91. The van der Waals surface area contributed by atoms with Crippen LogP contribution in [-0.4, -0.2) is 91.7 Å². The molecule has 0 aliphatic carbocycles. The van der Waals surface area contributed by atoms with Gasteiger partial charge >= 0.3 is 0 Å². The molecule has 3 atom stereocenters. The summed E-state index contributed by atoms with van der Waals surface area (Å²) in [4.78, 5) is 25.6. The van der Waals surface area contributed by atoms with Gasteiger partial charge in [-0.2, -0.15) is 0 Å². The lowest BCUT2D eigenvalue weighted by Gasteiger charge is -2.45. The number of nitrogens with zero attached hydrogens (tertiary/aromatic N) is 4. The van der Waals surface area contributed by atoms with Gasteiger partial charge in [0.1, 0.15) is 17.0 Å². The largest absolute Gasteiger partial charge is 0.486 e. The van der Waals surface area contributed by atoms with E-state index in [4.69, 9.17) is 9.47 Å². The van der Waals surface area contributed by atoms with Gasteiger partial charge in [0.2, 0.25) is 5.82 Å². The minimum absolute atomic E-state index is 0.0212. The summed E-state index contributed by atoms with van der Waals surface area (Å²) in [7, 11) is -3.58. The van der Waals surface area contributed by atoms with Crippen LogP contribution in [0.2, 0.25) is 0 Å². The number of hydrogen-bond donors (Lipinski definition) is 1. The number of rotatable bonds is 3. The minimum Gasteiger partial charge on any atom is -0.486 e. The van der Waals surface area contributed by atoms with Gasteiger partial charge in [0.05, 0.1) is 31.4 Å². The fraction of sp³-hybridized carbons (Fsp3) is 0.737. The summed E-state index contributed by atoms with van der Waals surface area (Å²) in [5.41, 5.74) is 0.176. The zero-order valence-electron chi connectivity index (χ0n) is 17.7. The number of aliphatic hydroxyl groups is 1. The van der Waals surface area contributed by atoms with Gasteiger partial charge in [-0.25, -0.2) is 18.4 Å². The van der Waals surface area contributed by atoms with Crippen molar-refractivity contribution >= 4 is 21.6 Å². The maximum atomic E-state index is 13.1. The van der Waals surface area contributed by atoms with Crippen molar-refractivity contribution in [2.24, 2.45) is 0 Å². The van der Waals surface area contributed by atoms with E-state index < -0.39 is 26.6 Å². The maximum absolute atomic E-state index is 13.1. The molecular weight excluding hydrogens is 412 g/mol. The van der Waals surface area contributed by atoms with Gasteiger partial charge in [-0.15, -0.1) is 0 Å². The van der Waals surface area contributed by atoms with Crippen LogP contribution < -0.4 is 9.64 Å². The molecular formula is C19H28N4O6S. The average Bonchev–Trinajstić information content (AvgIpc) is 3.11. The first-order valence-electron chi connectivity index (χ1n) is 10.1. The second-order valence-corrected chi connectivity index (χ2v) is 11.3. The Balaban J connectivity index is 1.88. The van der Waals surface area contributed by atoms with Crippen LogP contribution in [-0.2, 0) is 19.3 Å². The molecule has 0 aromatic carbocycles. The number of carbonyl (C=O) groups excluding carboxylic acids is 1. The zero-order valence-corrected chi connectivity index (χ0v) is 18.5. The SMILES string of the molecule is CC1COCC2COc3c(nc(C(=O)N4CC[C@@H](O)C4)nc3C(C)(C)S(C)(=O)=O)N12. The Morgan fingerprint density at radius 2 is 1.97 bits per heavy atom. The molecule has 2 fully saturated rings. The Morgan fingerprint density at radius 1 is 1.23 bits per heavy atom. The molecule has 4 heterocycles. The Hall–Kier alpha value is -1.98. The van der Waals surface area contributed by atoms with Crippen LogP contribution in [0.3, 0.4) is 0 Å². The van der Waals surface area contributed by atoms with E-state index >= 15 is 0 Å². The van der Waals surface area contributed by atoms with E-state index in [-0.39, 0.29) is 30.1 Å². The molecule has 3 aliphatic rings. The first-order chi connectivity index (χ1) is 14.0. The molecule has 2 unspecified atom stereocenters. The first kappa shape index (κ1) is 21.3. The fourth-order valence-electron chi connectivity index (χ4n) is 4.08. The molecule has 1 aromatic heterocycles. The van der Waals surface area contributed by atoms with Crippen molar-refractivity contribution in [3.05, 3.63) is 11.5 Å². The average molecular weight is 441 g/mol. The number of β-amino-alcohol motifs (C(OH)–C–C–N with tert-alkyl or cyclic N) is 1. The van der Waals surface area contributed by atoms with Crippen LogP contribution in [0.25, 0.3) is 0 Å². The molecule has 30 heavy (non-hydrogen) atoms. The number of ether oxygens (including phenoxy) is 2. The summed E-state index contributed by atoms with van der Waals surface area (Å²) in [6.07, 6.45) is 1.05. The molecule has 0 saturated carbocycles. The smallest absolute Gasteiger partial charge is 0.291 e. The standard InChI is InChI=1S/C19H28N4O6S/c1-11-8-28-9-12-10-29-14-15(19(2,3)30(4,26)27)20-16(21-17(14)23(11)12)18(25)22-6-5-13(24)7-22/h11-13,24H,5-10H2,1-4H3/t11?,12?,13-/m1/s1. The van der Waals surface area contributed by atoms with E-state index in [1.807, 2.05) is 11.8 Å². The molecule has 1 amide bonds. The third-order valence-corrected chi connectivity index (χ3v) is 8.24. The van der Waals surface area contributed by atoms with Crippen LogP contribution in [0.5, 0.6) is 5.75 Å². The van der Waals surface area contributed by atoms with Crippen LogP contribution in [0, 0.1) is 0 Å². The van der Waals surface area contributed by atoms with Crippen LogP contribution in [0.1, 0.15) is 43.5 Å². The number of hydrogen-bond acceptors (Lipinski definition) is 9. The number of anilines is 1. The lowest BCUT2D eigenvalue weighted by Crippen LogP contribution is -2.56. The first-order valence-corrected chi connectivity index (χ1v) is 12.0. The Kier molecular flexibility index (Phi) is 5.18. The van der Waals surface area contributed by atoms with E-state index in [9.17, 15) is 18.3 Å². The molecule has 1 aromatic rings. The highest BCUT2D eigenvalue weighted by Gasteiger charge is 2.44. The summed E-state index contributed by atoms with van der Waals surface area (Å²) in [6.45, 7) is 6.97. The lowest BCUT2D eigenvalue weighted by molar-refractivity contribution is 0.0480. The summed E-state index contributed by atoms with van der Waals surface area (Å²) in [5, 5.41) is 9.81. The fourth-order valence-corrected chi connectivity index (χ4v) is 4.57. The predicted molar refractivity (Wildman–Crippen MR) is 108 cm³/mol. The van der Waals surface area contributed by atoms with Gasteiger partial charge in [-0.1, -0.05) is 0 Å². The third-order valence-electron chi connectivity index (χ3n) is 6.19. The van der Waals surface area contributed by atoms with Crippen molar-refractivity contribution in [1.82, 2.24) is 14.9 Å². The number of aromatic nitrogens is 2. The van der Waals surface area contributed by atoms with Crippen molar-refractivity contribution in [1.29, 1.82) is 0 Å². The Labute approximate surface area is 176 Å². The van der Waals surface area contributed by atoms with Gasteiger partial charge in [-0.3, -0.25) is 4.79 Å². The molecule has 0 spiro atoms. The highest BCUT2D eigenvalue weighted by Crippen LogP contribution is 2.43. The molecule has 166 valence electrons. The van der Waals surface area contributed by atoms with E-state index in [1.165, 1.54) is 4.90 Å². The van der Waals surface area contributed by atoms with Crippen LogP contribution >= 0.6 is 0 Å². The molecule has 0 bridgehead atoms. The zero-order chi connectivity index (χ0) is 21.8. The number of likely N-dealkylation sites (tertiary alicyclic amines) is 1. The predicted octanol–water partition coefficient (Wildman–Crippen LogP) is -0.0508. The number of amides is 1. The van der Waals surface area contributed by atoms with Crippen molar-refractivity contribution in [3.8, 4) is 5.75 Å². The van der Waals surface area contributed by atoms with Crippen LogP contribution in [0.4, 0.5) is 5.82 Å². The maximum Gasteiger partial charge on any atom is 0.291 e. The number of sulfone groups is 1. The normalized spacial score (nSPS) is 26.8. The summed E-state index contributed by atoms with van der Waals surface area (Å²) >= 11 is 0. The lowest BCUT2D eigenvalue weighted by atomic mass is 10.0. The minimum atomic E-state index is -3.58. The van der Waals surface area contributed by atoms with Gasteiger partial charge in [0, 0.05) is 19.3 Å². The van der Waals surface area contributed by atoms with Crippen molar-refractivity contribution in [2.45, 2.75) is 50.1 Å². The molecule has 3 aliphatic heterocycles. The van der Waals surface area contributed by atoms with Gasteiger partial charge in [0.25, 0.3) is 5.91 Å². The number of morpholine rings is 1. The van der Waals surface area contributed by atoms with Gasteiger partial charge < -0.3 is 24.4 Å². The van der Waals surface area contributed by atoms with E-state index in [2.05, 4.69) is 9.97 Å². The summed E-state index contributed by atoms with van der Waals surface area (Å²) in [5.74, 6) is 0.209.